The summed E-state index contributed by atoms with van der Waals surface area (Å²) in [7, 11) is 1.95. The molecule has 0 aliphatic carbocycles. The molecule has 7 heteroatoms. The zero-order valence-corrected chi connectivity index (χ0v) is 18.5. The van der Waals surface area contributed by atoms with Crippen molar-refractivity contribution < 1.29 is 9.21 Å². The average Bonchev–Trinajstić information content (AvgIpc) is 3.23. The fourth-order valence-electron chi connectivity index (χ4n) is 4.00. The normalized spacial score (nSPS) is 16.6. The standard InChI is InChI=1S/C24H27ClN4O2/c1-28(16-21-9-2-3-10-26-21)17-23(30)29-11-5-7-19(15-29)24-27-14-22(31-24)13-18-6-4-8-20(25)12-18/h2-4,6,8-10,12,14,19H,5,7,11,13,15-17H2,1H3/t19-/m0/s1. The fourth-order valence-corrected chi connectivity index (χ4v) is 4.21. The summed E-state index contributed by atoms with van der Waals surface area (Å²) in [5.74, 6) is 1.80. The number of likely N-dealkylation sites (N-methyl/N-ethyl adjacent to an activating group) is 1. The van der Waals surface area contributed by atoms with Crippen molar-refractivity contribution >= 4 is 17.5 Å². The number of carbonyl (C=O) groups excluding carboxylic acids is 1. The van der Waals surface area contributed by atoms with E-state index in [-0.39, 0.29) is 11.8 Å². The van der Waals surface area contributed by atoms with Gasteiger partial charge >= 0.3 is 0 Å². The lowest BCUT2D eigenvalue weighted by atomic mass is 9.98. The van der Waals surface area contributed by atoms with E-state index in [9.17, 15) is 4.79 Å². The molecule has 1 atom stereocenters. The van der Waals surface area contributed by atoms with Crippen LogP contribution in [-0.4, -0.2) is 52.4 Å². The highest BCUT2D eigenvalue weighted by Gasteiger charge is 2.28. The molecule has 0 spiro atoms. The number of oxazole rings is 1. The van der Waals surface area contributed by atoms with Crippen molar-refractivity contribution in [3.05, 3.63) is 82.8 Å². The van der Waals surface area contributed by atoms with E-state index in [2.05, 4.69) is 9.97 Å². The Morgan fingerprint density at radius 1 is 1.26 bits per heavy atom. The minimum absolute atomic E-state index is 0.131. The molecule has 1 aliphatic rings. The molecule has 31 heavy (non-hydrogen) atoms. The van der Waals surface area contributed by atoms with E-state index >= 15 is 0 Å². The maximum absolute atomic E-state index is 12.9. The number of rotatable bonds is 7. The Hall–Kier alpha value is -2.70. The number of benzene rings is 1. The van der Waals surface area contributed by atoms with Gasteiger partial charge in [-0.25, -0.2) is 4.98 Å². The Labute approximate surface area is 187 Å². The van der Waals surface area contributed by atoms with Gasteiger partial charge in [0, 0.05) is 37.3 Å². The van der Waals surface area contributed by atoms with Gasteiger partial charge in [0.2, 0.25) is 5.91 Å². The molecule has 6 nitrogen and oxygen atoms in total. The maximum Gasteiger partial charge on any atom is 0.236 e. The molecule has 1 aliphatic heterocycles. The highest BCUT2D eigenvalue weighted by molar-refractivity contribution is 6.30. The van der Waals surface area contributed by atoms with Crippen molar-refractivity contribution in [3.8, 4) is 0 Å². The van der Waals surface area contributed by atoms with Crippen molar-refractivity contribution in [2.45, 2.75) is 31.7 Å². The minimum Gasteiger partial charge on any atom is -0.445 e. The van der Waals surface area contributed by atoms with Gasteiger partial charge in [-0.3, -0.25) is 14.7 Å². The van der Waals surface area contributed by atoms with Gasteiger partial charge in [0.05, 0.1) is 24.4 Å². The Kier molecular flexibility index (Phi) is 6.99. The first-order valence-corrected chi connectivity index (χ1v) is 11.0. The minimum atomic E-state index is 0.131. The number of halogens is 1. The lowest BCUT2D eigenvalue weighted by molar-refractivity contribution is -0.133. The number of amides is 1. The molecule has 0 bridgehead atoms. The molecule has 0 saturated carbocycles. The third-order valence-corrected chi connectivity index (χ3v) is 5.76. The zero-order valence-electron chi connectivity index (χ0n) is 17.7. The third-order valence-electron chi connectivity index (χ3n) is 5.53. The van der Waals surface area contributed by atoms with E-state index in [1.165, 1.54) is 0 Å². The molecule has 1 fully saturated rings. The van der Waals surface area contributed by atoms with Gasteiger partial charge < -0.3 is 9.32 Å². The molecule has 2 aromatic heterocycles. The Balaban J connectivity index is 1.33. The van der Waals surface area contributed by atoms with Crippen LogP contribution in [0.15, 0.2) is 59.3 Å². The van der Waals surface area contributed by atoms with Gasteiger partial charge in [-0.2, -0.15) is 0 Å². The van der Waals surface area contributed by atoms with Gasteiger partial charge in [-0.15, -0.1) is 0 Å². The zero-order chi connectivity index (χ0) is 21.6. The molecule has 1 saturated heterocycles. The van der Waals surface area contributed by atoms with E-state index in [1.807, 2.05) is 59.3 Å². The summed E-state index contributed by atoms with van der Waals surface area (Å²) in [6.07, 6.45) is 6.15. The molecule has 4 rings (SSSR count). The summed E-state index contributed by atoms with van der Waals surface area (Å²) in [6, 6.07) is 13.6. The first-order chi connectivity index (χ1) is 15.1. The van der Waals surface area contributed by atoms with Gasteiger partial charge in [-0.05, 0) is 49.7 Å². The summed E-state index contributed by atoms with van der Waals surface area (Å²) in [4.78, 5) is 25.6. The monoisotopic (exact) mass is 438 g/mol. The molecule has 0 radical (unpaired) electrons. The molecule has 0 unspecified atom stereocenters. The number of carbonyl (C=O) groups is 1. The summed E-state index contributed by atoms with van der Waals surface area (Å²) < 4.78 is 6.04. The summed E-state index contributed by atoms with van der Waals surface area (Å²) in [6.45, 7) is 2.45. The molecular formula is C24H27ClN4O2. The van der Waals surface area contributed by atoms with Gasteiger partial charge in [0.1, 0.15) is 5.76 Å². The predicted molar refractivity (Wildman–Crippen MR) is 120 cm³/mol. The van der Waals surface area contributed by atoms with Crippen LogP contribution < -0.4 is 0 Å². The number of hydrogen-bond acceptors (Lipinski definition) is 5. The molecular weight excluding hydrogens is 412 g/mol. The summed E-state index contributed by atoms with van der Waals surface area (Å²) in [5.41, 5.74) is 2.05. The lowest BCUT2D eigenvalue weighted by Gasteiger charge is -2.32. The van der Waals surface area contributed by atoms with Gasteiger partial charge in [-0.1, -0.05) is 29.8 Å². The Morgan fingerprint density at radius 3 is 2.97 bits per heavy atom. The van der Waals surface area contributed by atoms with Crippen molar-refractivity contribution in [2.24, 2.45) is 0 Å². The lowest BCUT2D eigenvalue weighted by Crippen LogP contribution is -2.43. The van der Waals surface area contributed by atoms with Crippen molar-refractivity contribution in [1.29, 1.82) is 0 Å². The number of hydrogen-bond donors (Lipinski definition) is 0. The van der Waals surface area contributed by atoms with Crippen LogP contribution in [0.2, 0.25) is 5.02 Å². The third kappa shape index (κ3) is 5.93. The molecule has 1 aromatic carbocycles. The van der Waals surface area contributed by atoms with Gasteiger partial charge in [0.15, 0.2) is 5.89 Å². The average molecular weight is 439 g/mol. The molecule has 1 amide bonds. The first kappa shape index (κ1) is 21.5. The second-order valence-electron chi connectivity index (χ2n) is 8.14. The predicted octanol–water partition coefficient (Wildman–Crippen LogP) is 4.15. The second-order valence-corrected chi connectivity index (χ2v) is 8.58. The van der Waals surface area contributed by atoms with E-state index in [0.29, 0.717) is 31.1 Å². The van der Waals surface area contributed by atoms with Crippen LogP contribution in [0.1, 0.15) is 41.7 Å². The van der Waals surface area contributed by atoms with E-state index in [0.717, 1.165) is 42.3 Å². The number of piperidine rings is 1. The van der Waals surface area contributed by atoms with Crippen LogP contribution in [-0.2, 0) is 17.8 Å². The number of aromatic nitrogens is 2. The SMILES string of the molecule is CN(CC(=O)N1CCC[C@H](c2ncc(Cc3cccc(Cl)c3)o2)C1)Cc1ccccn1. The second kappa shape index (κ2) is 10.1. The number of pyridine rings is 1. The highest BCUT2D eigenvalue weighted by atomic mass is 35.5. The van der Waals surface area contributed by atoms with Crippen molar-refractivity contribution in [3.63, 3.8) is 0 Å². The van der Waals surface area contributed by atoms with Crippen LogP contribution in [0.25, 0.3) is 0 Å². The van der Waals surface area contributed by atoms with E-state index < -0.39 is 0 Å². The summed E-state index contributed by atoms with van der Waals surface area (Å²) >= 11 is 6.07. The van der Waals surface area contributed by atoms with Crippen LogP contribution in [0.5, 0.6) is 0 Å². The van der Waals surface area contributed by atoms with E-state index in [4.69, 9.17) is 16.0 Å². The smallest absolute Gasteiger partial charge is 0.236 e. The van der Waals surface area contributed by atoms with E-state index in [1.54, 1.807) is 12.4 Å². The van der Waals surface area contributed by atoms with Crippen LogP contribution in [0, 0.1) is 0 Å². The maximum atomic E-state index is 12.9. The molecule has 3 aromatic rings. The summed E-state index contributed by atoms with van der Waals surface area (Å²) in [5, 5.41) is 0.715. The molecule has 162 valence electrons. The van der Waals surface area contributed by atoms with Crippen LogP contribution in [0.4, 0.5) is 0 Å². The van der Waals surface area contributed by atoms with Gasteiger partial charge in [0.25, 0.3) is 0 Å². The number of likely N-dealkylation sites (tertiary alicyclic amines) is 1. The van der Waals surface area contributed by atoms with Crippen molar-refractivity contribution in [1.82, 2.24) is 19.8 Å². The van der Waals surface area contributed by atoms with Crippen LogP contribution in [0.3, 0.4) is 0 Å². The molecule has 0 N–H and O–H groups in total. The van der Waals surface area contributed by atoms with Crippen molar-refractivity contribution in [2.75, 3.05) is 26.7 Å². The number of nitrogens with zero attached hydrogens (tertiary/aromatic N) is 4. The first-order valence-electron chi connectivity index (χ1n) is 10.6. The topological polar surface area (TPSA) is 62.5 Å². The van der Waals surface area contributed by atoms with Crippen LogP contribution >= 0.6 is 11.6 Å². The fraction of sp³-hybridized carbons (Fsp3) is 0.375. The Bertz CT molecular complexity index is 1010. The highest BCUT2D eigenvalue weighted by Crippen LogP contribution is 2.27. The Morgan fingerprint density at radius 2 is 2.16 bits per heavy atom. The molecule has 3 heterocycles. The largest absolute Gasteiger partial charge is 0.445 e. The quantitative estimate of drug-likeness (QED) is 0.554.